The zero-order valence-corrected chi connectivity index (χ0v) is 11.2. The third-order valence-corrected chi connectivity index (χ3v) is 3.66. The summed E-state index contributed by atoms with van der Waals surface area (Å²) >= 11 is 0. The van der Waals surface area contributed by atoms with E-state index in [0.717, 1.165) is 11.2 Å². The van der Waals surface area contributed by atoms with E-state index in [1.54, 1.807) is 0 Å². The largest absolute Gasteiger partial charge is 0.494 e. The molecule has 1 heterocycles. The van der Waals surface area contributed by atoms with Crippen LogP contribution >= 0.6 is 0 Å². The molecule has 18 heavy (non-hydrogen) atoms. The number of anilines is 1. The van der Waals surface area contributed by atoms with E-state index in [-0.39, 0.29) is 18.3 Å². The Balaban J connectivity index is 2.17. The van der Waals surface area contributed by atoms with Gasteiger partial charge in [0.2, 0.25) is 6.41 Å². The van der Waals surface area contributed by atoms with Gasteiger partial charge in [0, 0.05) is 5.69 Å². The van der Waals surface area contributed by atoms with Gasteiger partial charge in [0.25, 0.3) is 0 Å². The Kier molecular flexibility index (Phi) is 3.21. The van der Waals surface area contributed by atoms with Crippen LogP contribution in [0.3, 0.4) is 0 Å². The molecule has 1 fully saturated rings. The predicted molar refractivity (Wildman–Crippen MR) is 71.8 cm³/mol. The maximum absolute atomic E-state index is 10.3. The van der Waals surface area contributed by atoms with Crippen LogP contribution < -0.4 is 10.8 Å². The maximum Gasteiger partial charge on any atom is 0.494 e. The summed E-state index contributed by atoms with van der Waals surface area (Å²) in [5.41, 5.74) is 1.03. The summed E-state index contributed by atoms with van der Waals surface area (Å²) in [5.74, 6) is 0. The minimum Gasteiger partial charge on any atom is -0.399 e. The lowest BCUT2D eigenvalue weighted by atomic mass is 9.79. The van der Waals surface area contributed by atoms with Crippen LogP contribution in [0.1, 0.15) is 27.7 Å². The first-order valence-corrected chi connectivity index (χ1v) is 6.01. The molecule has 1 aromatic rings. The summed E-state index contributed by atoms with van der Waals surface area (Å²) in [4.78, 5) is 10.3. The molecule has 1 N–H and O–H groups in total. The van der Waals surface area contributed by atoms with Gasteiger partial charge in [0.05, 0.1) is 11.2 Å². The van der Waals surface area contributed by atoms with Gasteiger partial charge in [-0.2, -0.15) is 0 Å². The van der Waals surface area contributed by atoms with Crippen molar-refractivity contribution in [3.05, 3.63) is 24.3 Å². The Morgan fingerprint density at radius 1 is 1.06 bits per heavy atom. The molecule has 0 spiro atoms. The number of benzene rings is 1. The maximum atomic E-state index is 10.3. The van der Waals surface area contributed by atoms with Crippen LogP contribution in [0.2, 0.25) is 0 Å². The smallest absolute Gasteiger partial charge is 0.399 e. The first-order chi connectivity index (χ1) is 8.36. The molecule has 0 aromatic heterocycles. The predicted octanol–water partition coefficient (Wildman–Crippen LogP) is 1.55. The third-order valence-electron chi connectivity index (χ3n) is 3.66. The molecular formula is C13H18BNO3. The van der Waals surface area contributed by atoms with E-state index in [2.05, 4.69) is 5.32 Å². The van der Waals surface area contributed by atoms with E-state index in [9.17, 15) is 4.79 Å². The van der Waals surface area contributed by atoms with Gasteiger partial charge >= 0.3 is 7.12 Å². The molecule has 4 nitrogen and oxygen atoms in total. The molecule has 1 aliphatic heterocycles. The van der Waals surface area contributed by atoms with Crippen molar-refractivity contribution in [3.63, 3.8) is 0 Å². The van der Waals surface area contributed by atoms with Gasteiger partial charge in [-0.25, -0.2) is 0 Å². The van der Waals surface area contributed by atoms with Gasteiger partial charge in [-0.3, -0.25) is 4.79 Å². The number of rotatable bonds is 3. The summed E-state index contributed by atoms with van der Waals surface area (Å²) < 4.78 is 11.9. The number of amides is 1. The van der Waals surface area contributed by atoms with Crippen molar-refractivity contribution in [2.24, 2.45) is 0 Å². The second-order valence-electron chi connectivity index (χ2n) is 5.47. The van der Waals surface area contributed by atoms with Crippen molar-refractivity contribution in [3.8, 4) is 0 Å². The standard InChI is InChI=1S/C13H18BNO3/c1-12(2)13(3,4)18-14(17-12)10-5-7-11(8-6-10)15-9-16/h5-9H,1-4H3,(H,15,16). The van der Waals surface area contributed by atoms with Gasteiger partial charge in [-0.1, -0.05) is 12.1 Å². The van der Waals surface area contributed by atoms with E-state index in [4.69, 9.17) is 9.31 Å². The lowest BCUT2D eigenvalue weighted by Crippen LogP contribution is -2.41. The van der Waals surface area contributed by atoms with Crippen molar-refractivity contribution in [1.29, 1.82) is 0 Å². The van der Waals surface area contributed by atoms with Crippen molar-refractivity contribution in [2.75, 3.05) is 5.32 Å². The molecule has 1 aliphatic rings. The molecule has 1 amide bonds. The van der Waals surface area contributed by atoms with E-state index < -0.39 is 0 Å². The van der Waals surface area contributed by atoms with E-state index in [1.807, 2.05) is 52.0 Å². The fraction of sp³-hybridized carbons (Fsp3) is 0.462. The highest BCUT2D eigenvalue weighted by Gasteiger charge is 2.51. The minimum atomic E-state index is -0.361. The average molecular weight is 247 g/mol. The molecule has 0 unspecified atom stereocenters. The number of nitrogens with one attached hydrogen (secondary N) is 1. The third kappa shape index (κ3) is 2.28. The molecular weight excluding hydrogens is 229 g/mol. The Hall–Kier alpha value is -1.33. The van der Waals surface area contributed by atoms with Crippen LogP contribution in [0.4, 0.5) is 5.69 Å². The summed E-state index contributed by atoms with van der Waals surface area (Å²) in [5, 5.41) is 2.60. The molecule has 1 saturated heterocycles. The van der Waals surface area contributed by atoms with E-state index in [1.165, 1.54) is 0 Å². The Morgan fingerprint density at radius 2 is 1.56 bits per heavy atom. The second-order valence-corrected chi connectivity index (χ2v) is 5.47. The molecule has 0 atom stereocenters. The fourth-order valence-corrected chi connectivity index (χ4v) is 1.78. The van der Waals surface area contributed by atoms with Gasteiger partial charge in [-0.05, 0) is 45.3 Å². The Labute approximate surface area is 108 Å². The molecule has 0 saturated carbocycles. The van der Waals surface area contributed by atoms with Crippen molar-refractivity contribution < 1.29 is 14.1 Å². The van der Waals surface area contributed by atoms with Crippen LogP contribution in [-0.4, -0.2) is 24.7 Å². The zero-order chi connectivity index (χ0) is 13.4. The van der Waals surface area contributed by atoms with Crippen molar-refractivity contribution >= 4 is 24.7 Å². The van der Waals surface area contributed by atoms with E-state index in [0.29, 0.717) is 6.41 Å². The Morgan fingerprint density at radius 3 is 2.00 bits per heavy atom. The topological polar surface area (TPSA) is 47.6 Å². The number of hydrogen-bond donors (Lipinski definition) is 1. The minimum absolute atomic E-state index is 0.336. The van der Waals surface area contributed by atoms with Crippen molar-refractivity contribution in [1.82, 2.24) is 0 Å². The van der Waals surface area contributed by atoms with Gasteiger partial charge in [0.15, 0.2) is 0 Å². The van der Waals surface area contributed by atoms with Crippen LogP contribution in [0.25, 0.3) is 0 Å². The second kappa shape index (κ2) is 4.41. The number of hydrogen-bond acceptors (Lipinski definition) is 3. The van der Waals surface area contributed by atoms with E-state index >= 15 is 0 Å². The van der Waals surface area contributed by atoms with Crippen LogP contribution in [0.5, 0.6) is 0 Å². The SMILES string of the molecule is CC1(C)OB(c2ccc(NC=O)cc2)OC1(C)C. The van der Waals surface area contributed by atoms with Crippen LogP contribution in [-0.2, 0) is 14.1 Å². The summed E-state index contributed by atoms with van der Waals surface area (Å²) in [6.45, 7) is 8.09. The monoisotopic (exact) mass is 247 g/mol. The van der Waals surface area contributed by atoms with Gasteiger partial charge < -0.3 is 14.6 Å². The average Bonchev–Trinajstić information content (AvgIpc) is 2.50. The van der Waals surface area contributed by atoms with Gasteiger partial charge in [-0.15, -0.1) is 0 Å². The fourth-order valence-electron chi connectivity index (χ4n) is 1.78. The molecule has 0 aliphatic carbocycles. The molecule has 0 radical (unpaired) electrons. The summed E-state index contributed by atoms with van der Waals surface area (Å²) in [6, 6.07) is 7.45. The first-order valence-electron chi connectivity index (χ1n) is 6.01. The van der Waals surface area contributed by atoms with Crippen molar-refractivity contribution in [2.45, 2.75) is 38.9 Å². The zero-order valence-electron chi connectivity index (χ0n) is 11.2. The normalized spacial score (nSPS) is 20.8. The molecule has 1 aromatic carbocycles. The first kappa shape index (κ1) is 13.1. The highest BCUT2D eigenvalue weighted by Crippen LogP contribution is 2.36. The summed E-state index contributed by atoms with van der Waals surface area (Å²) in [6.07, 6.45) is 0.657. The highest BCUT2D eigenvalue weighted by atomic mass is 16.7. The Bertz CT molecular complexity index is 426. The number of carbonyl (C=O) groups is 1. The molecule has 5 heteroatoms. The van der Waals surface area contributed by atoms with Gasteiger partial charge in [0.1, 0.15) is 0 Å². The lowest BCUT2D eigenvalue weighted by molar-refractivity contribution is -0.105. The highest BCUT2D eigenvalue weighted by molar-refractivity contribution is 6.62. The lowest BCUT2D eigenvalue weighted by Gasteiger charge is -2.32. The number of carbonyl (C=O) groups excluding carboxylic acids is 1. The van der Waals surface area contributed by atoms with Crippen LogP contribution in [0.15, 0.2) is 24.3 Å². The molecule has 2 rings (SSSR count). The summed E-state index contributed by atoms with van der Waals surface area (Å²) in [7, 11) is -0.361. The molecule has 0 bridgehead atoms. The molecule has 96 valence electrons. The quantitative estimate of drug-likeness (QED) is 0.651. The van der Waals surface area contributed by atoms with Crippen LogP contribution in [0, 0.1) is 0 Å².